The maximum absolute atomic E-state index is 13.2. The molecule has 0 unspecified atom stereocenters. The van der Waals surface area contributed by atoms with Crippen molar-refractivity contribution in [1.29, 1.82) is 0 Å². The first-order chi connectivity index (χ1) is 16.7. The largest absolute Gasteiger partial charge is 0.416 e. The highest BCUT2D eigenvalue weighted by atomic mass is 35.5. The lowest BCUT2D eigenvalue weighted by atomic mass is 10.1. The van der Waals surface area contributed by atoms with Gasteiger partial charge in [-0.15, -0.1) is 0 Å². The summed E-state index contributed by atoms with van der Waals surface area (Å²) < 4.78 is 40.9. The molecule has 11 heteroatoms. The van der Waals surface area contributed by atoms with E-state index in [4.69, 9.17) is 11.6 Å². The zero-order valence-corrected chi connectivity index (χ0v) is 18.5. The monoisotopic (exact) mass is 497 g/mol. The van der Waals surface area contributed by atoms with E-state index < -0.39 is 23.2 Å². The highest BCUT2D eigenvalue weighted by Gasteiger charge is 2.31. The second kappa shape index (κ2) is 8.55. The number of benzene rings is 3. The fourth-order valence-corrected chi connectivity index (χ4v) is 3.93. The molecule has 0 saturated carbocycles. The lowest BCUT2D eigenvalue weighted by molar-refractivity contribution is -0.137. The van der Waals surface area contributed by atoms with Crippen LogP contribution in [0.15, 0.2) is 71.5 Å². The number of aromatic amines is 1. The van der Waals surface area contributed by atoms with Crippen molar-refractivity contribution in [3.05, 3.63) is 98.8 Å². The highest BCUT2D eigenvalue weighted by molar-refractivity contribution is 6.31. The number of carbonyl (C=O) groups is 1. The topological polar surface area (TPSA) is 92.2 Å². The number of amides is 1. The van der Waals surface area contributed by atoms with Gasteiger partial charge in [0.2, 0.25) is 0 Å². The van der Waals surface area contributed by atoms with Gasteiger partial charge in [0.15, 0.2) is 5.65 Å². The van der Waals surface area contributed by atoms with Crippen molar-refractivity contribution in [1.82, 2.24) is 25.1 Å². The molecule has 0 atom stereocenters. The van der Waals surface area contributed by atoms with E-state index in [1.54, 1.807) is 24.3 Å². The Balaban J connectivity index is 1.55. The summed E-state index contributed by atoms with van der Waals surface area (Å²) in [5.41, 5.74) is 0.104. The van der Waals surface area contributed by atoms with Gasteiger partial charge in [-0.05, 0) is 42.0 Å². The van der Waals surface area contributed by atoms with Crippen molar-refractivity contribution in [3.8, 4) is 11.3 Å². The number of aromatic nitrogens is 4. The molecule has 5 rings (SSSR count). The molecule has 0 fully saturated rings. The number of carbonyl (C=O) groups excluding carboxylic acids is 1. The number of H-pyrrole nitrogens is 1. The Bertz CT molecular complexity index is 1660. The predicted molar refractivity (Wildman–Crippen MR) is 124 cm³/mol. The van der Waals surface area contributed by atoms with Gasteiger partial charge in [0.1, 0.15) is 5.69 Å². The Morgan fingerprint density at radius 2 is 1.86 bits per heavy atom. The van der Waals surface area contributed by atoms with Gasteiger partial charge in [-0.3, -0.25) is 9.59 Å². The molecule has 0 aliphatic heterocycles. The third-order valence-electron chi connectivity index (χ3n) is 5.48. The van der Waals surface area contributed by atoms with Crippen molar-refractivity contribution in [2.45, 2.75) is 12.7 Å². The van der Waals surface area contributed by atoms with Crippen LogP contribution in [0.2, 0.25) is 5.02 Å². The number of rotatable bonds is 4. The van der Waals surface area contributed by atoms with Crippen LogP contribution in [0.5, 0.6) is 0 Å². The van der Waals surface area contributed by atoms with E-state index in [0.29, 0.717) is 10.5 Å². The molecular formula is C24H15ClF3N5O2. The van der Waals surface area contributed by atoms with E-state index in [9.17, 15) is 22.8 Å². The van der Waals surface area contributed by atoms with Crippen LogP contribution in [0.1, 0.15) is 21.5 Å². The number of nitrogens with one attached hydrogen (secondary N) is 2. The molecule has 0 radical (unpaired) electrons. The summed E-state index contributed by atoms with van der Waals surface area (Å²) in [6.45, 7) is 0.200. The van der Waals surface area contributed by atoms with Gasteiger partial charge in [-0.25, -0.2) is 9.73 Å². The summed E-state index contributed by atoms with van der Waals surface area (Å²) in [5.74, 6) is -0.401. The van der Waals surface area contributed by atoms with Crippen molar-refractivity contribution in [2.24, 2.45) is 0 Å². The Labute approximate surface area is 200 Å². The average Bonchev–Trinajstić information content (AvgIpc) is 3.26. The molecule has 7 nitrogen and oxygen atoms in total. The predicted octanol–water partition coefficient (Wildman–Crippen LogP) is 4.84. The van der Waals surface area contributed by atoms with Gasteiger partial charge in [-0.1, -0.05) is 41.9 Å². The van der Waals surface area contributed by atoms with Crippen LogP contribution in [-0.4, -0.2) is 25.7 Å². The number of fused-ring (bicyclic) bond motifs is 3. The number of halogens is 4. The molecule has 0 bridgehead atoms. The van der Waals surface area contributed by atoms with Crippen LogP contribution in [0.4, 0.5) is 13.2 Å². The summed E-state index contributed by atoms with van der Waals surface area (Å²) in [4.78, 5) is 29.4. The second-order valence-corrected chi connectivity index (χ2v) is 8.13. The zero-order chi connectivity index (χ0) is 24.7. The maximum atomic E-state index is 13.2. The van der Waals surface area contributed by atoms with Gasteiger partial charge in [0, 0.05) is 22.7 Å². The van der Waals surface area contributed by atoms with Crippen molar-refractivity contribution in [3.63, 3.8) is 0 Å². The quantitative estimate of drug-likeness (QED) is 0.371. The minimum atomic E-state index is -4.54. The summed E-state index contributed by atoms with van der Waals surface area (Å²) in [6, 6.07) is 16.1. The minimum Gasteiger partial charge on any atom is -0.348 e. The van der Waals surface area contributed by atoms with Gasteiger partial charge in [0.25, 0.3) is 11.5 Å². The average molecular weight is 498 g/mol. The Hall–Kier alpha value is -4.18. The molecule has 1 amide bonds. The molecule has 0 aliphatic rings. The van der Waals surface area contributed by atoms with E-state index in [0.717, 1.165) is 17.7 Å². The van der Waals surface area contributed by atoms with Gasteiger partial charge >= 0.3 is 6.18 Å². The Morgan fingerprint density at radius 1 is 1.06 bits per heavy atom. The van der Waals surface area contributed by atoms with E-state index in [1.807, 2.05) is 0 Å². The van der Waals surface area contributed by atoms with Gasteiger partial charge < -0.3 is 5.32 Å². The molecule has 0 spiro atoms. The van der Waals surface area contributed by atoms with Crippen LogP contribution in [0.25, 0.3) is 27.8 Å². The summed E-state index contributed by atoms with van der Waals surface area (Å²) >= 11 is 6.13. The molecule has 3 aromatic carbocycles. The lowest BCUT2D eigenvalue weighted by Crippen LogP contribution is -2.23. The molecule has 176 valence electrons. The van der Waals surface area contributed by atoms with Crippen LogP contribution >= 0.6 is 11.6 Å². The second-order valence-electron chi connectivity index (χ2n) is 7.72. The first kappa shape index (κ1) is 22.6. The maximum Gasteiger partial charge on any atom is 0.416 e. The molecule has 0 saturated heterocycles. The molecule has 0 aliphatic carbocycles. The number of alkyl halides is 3. The van der Waals surface area contributed by atoms with Gasteiger partial charge in [0.05, 0.1) is 16.5 Å². The smallest absolute Gasteiger partial charge is 0.348 e. The summed E-state index contributed by atoms with van der Waals surface area (Å²) in [7, 11) is 0. The van der Waals surface area contributed by atoms with E-state index in [-0.39, 0.29) is 34.4 Å². The number of hydrogen-bond acceptors (Lipinski definition) is 4. The Morgan fingerprint density at radius 3 is 2.63 bits per heavy atom. The van der Waals surface area contributed by atoms with Crippen LogP contribution < -0.4 is 10.9 Å². The number of hydrogen-bond donors (Lipinski definition) is 2. The van der Waals surface area contributed by atoms with Crippen LogP contribution in [0.3, 0.4) is 0 Å². The normalized spacial score (nSPS) is 11.8. The fraction of sp³-hybridized carbons (Fsp3) is 0.0833. The van der Waals surface area contributed by atoms with Crippen molar-refractivity contribution in [2.75, 3.05) is 0 Å². The summed E-state index contributed by atoms with van der Waals surface area (Å²) in [6.07, 6.45) is -4.54. The molecule has 2 aromatic heterocycles. The molecule has 5 aromatic rings. The fourth-order valence-electron chi connectivity index (χ4n) is 3.73. The van der Waals surface area contributed by atoms with Gasteiger partial charge in [-0.2, -0.15) is 23.3 Å². The molecular weight excluding hydrogens is 483 g/mol. The molecule has 2 N–H and O–H groups in total. The molecule has 35 heavy (non-hydrogen) atoms. The van der Waals surface area contributed by atoms with Crippen molar-refractivity contribution >= 4 is 34.1 Å². The molecule has 2 heterocycles. The van der Waals surface area contributed by atoms with E-state index in [2.05, 4.69) is 20.6 Å². The van der Waals surface area contributed by atoms with E-state index in [1.165, 1.54) is 34.8 Å². The SMILES string of the molecule is O=C(NCc1ccccc1Cl)c1ccc2c(=O)nc3c(-c4cccc(C(F)(F)F)c4)n[nH]n3c2c1. The standard InChI is InChI=1S/C24H15ClF3N5O2/c25-18-7-2-1-4-15(18)12-29-22(34)14-8-9-17-19(11-14)33-21(30-23(17)35)20(31-32-33)13-5-3-6-16(10-13)24(26,27)28/h1-11,32H,12H2,(H,29,34). The van der Waals surface area contributed by atoms with Crippen LogP contribution in [-0.2, 0) is 12.7 Å². The Kier molecular flexibility index (Phi) is 5.52. The third-order valence-corrected chi connectivity index (χ3v) is 5.85. The van der Waals surface area contributed by atoms with E-state index >= 15 is 0 Å². The number of nitrogens with zero attached hydrogens (tertiary/aromatic N) is 3. The first-order valence-corrected chi connectivity index (χ1v) is 10.7. The van der Waals surface area contributed by atoms with Crippen molar-refractivity contribution < 1.29 is 18.0 Å². The van der Waals surface area contributed by atoms with Crippen LogP contribution in [0, 0.1) is 0 Å². The lowest BCUT2D eigenvalue weighted by Gasteiger charge is -2.08. The summed E-state index contributed by atoms with van der Waals surface area (Å²) in [5, 5.41) is 10.3. The highest BCUT2D eigenvalue weighted by Crippen LogP contribution is 2.32. The first-order valence-electron chi connectivity index (χ1n) is 10.3. The minimum absolute atomic E-state index is 0.0375. The third kappa shape index (κ3) is 4.24. The zero-order valence-electron chi connectivity index (χ0n) is 17.7.